The predicted octanol–water partition coefficient (Wildman–Crippen LogP) is 4.18. The third-order valence-electron chi connectivity index (χ3n) is 6.39. The van der Waals surface area contributed by atoms with Crippen LogP contribution in [0.5, 0.6) is 0 Å². The molecule has 0 unspecified atom stereocenters. The number of nitrogens with zero attached hydrogens (tertiary/aromatic N) is 4. The van der Waals surface area contributed by atoms with Gasteiger partial charge in [0, 0.05) is 38.1 Å². The van der Waals surface area contributed by atoms with E-state index in [2.05, 4.69) is 0 Å². The van der Waals surface area contributed by atoms with Crippen molar-refractivity contribution in [3.05, 3.63) is 103 Å². The molecule has 0 saturated carbocycles. The Morgan fingerprint density at radius 3 is 2.34 bits per heavy atom. The number of fused-ring (bicyclic) bond motifs is 1. The molecule has 1 amide bonds. The maximum absolute atomic E-state index is 13.5. The second-order valence-electron chi connectivity index (χ2n) is 8.42. The van der Waals surface area contributed by atoms with Crippen LogP contribution in [0.4, 0.5) is 11.4 Å². The van der Waals surface area contributed by atoms with Gasteiger partial charge in [0.05, 0.1) is 15.3 Å². The molecule has 2 aromatic carbocycles. The van der Waals surface area contributed by atoms with Gasteiger partial charge in [-0.3, -0.25) is 19.7 Å². The van der Waals surface area contributed by atoms with E-state index >= 15 is 0 Å². The van der Waals surface area contributed by atoms with Crippen molar-refractivity contribution in [1.82, 2.24) is 9.47 Å². The van der Waals surface area contributed by atoms with Crippen molar-refractivity contribution < 1.29 is 9.72 Å². The van der Waals surface area contributed by atoms with Crippen LogP contribution < -0.4 is 10.5 Å². The maximum Gasteiger partial charge on any atom is 0.357 e. The molecule has 35 heavy (non-hydrogen) atoms. The van der Waals surface area contributed by atoms with Gasteiger partial charge in [-0.15, -0.1) is 11.3 Å². The molecule has 0 aliphatic carbocycles. The van der Waals surface area contributed by atoms with Crippen molar-refractivity contribution >= 4 is 39.5 Å². The molecule has 0 spiro atoms. The Labute approximate surface area is 205 Å². The summed E-state index contributed by atoms with van der Waals surface area (Å²) in [7, 11) is 0. The molecule has 4 aromatic rings. The van der Waals surface area contributed by atoms with Gasteiger partial charge in [-0.25, -0.2) is 0 Å². The van der Waals surface area contributed by atoms with Crippen LogP contribution in [-0.4, -0.2) is 46.5 Å². The van der Waals surface area contributed by atoms with Gasteiger partial charge in [-0.05, 0) is 29.5 Å². The number of hydrogen-bond donors (Lipinski definition) is 0. The number of carbonyl (C=O) groups is 1. The minimum absolute atomic E-state index is 0.0321. The predicted molar refractivity (Wildman–Crippen MR) is 137 cm³/mol. The summed E-state index contributed by atoms with van der Waals surface area (Å²) < 4.78 is 1.51. The Hall–Kier alpha value is -3.98. The number of anilines is 1. The summed E-state index contributed by atoms with van der Waals surface area (Å²) in [6.07, 6.45) is 0.588. The second kappa shape index (κ2) is 9.71. The molecule has 178 valence electrons. The summed E-state index contributed by atoms with van der Waals surface area (Å²) in [5.74, 6) is -0.0321. The van der Waals surface area contributed by atoms with Gasteiger partial charge in [0.25, 0.3) is 5.91 Å². The standard InChI is InChI=1S/C26H24N4O4S/c31-25(22-11-6-18-35-22)28-16-14-27(15-17-28)23-20-9-4-5-10-21(20)29(26(32)24(23)30(33)34)13-12-19-7-2-1-3-8-19/h1-11,18H,12-17H2. The summed E-state index contributed by atoms with van der Waals surface area (Å²) >= 11 is 1.40. The normalized spacial score (nSPS) is 13.8. The fraction of sp³-hybridized carbons (Fsp3) is 0.231. The number of thiophene rings is 1. The van der Waals surface area contributed by atoms with E-state index in [1.54, 1.807) is 11.0 Å². The molecule has 1 saturated heterocycles. The Morgan fingerprint density at radius 2 is 1.66 bits per heavy atom. The van der Waals surface area contributed by atoms with Crippen LogP contribution in [0.1, 0.15) is 15.2 Å². The van der Waals surface area contributed by atoms with Crippen molar-refractivity contribution in [3.63, 3.8) is 0 Å². The number of nitro groups is 1. The number of benzene rings is 2. The lowest BCUT2D eigenvalue weighted by Crippen LogP contribution is -2.49. The summed E-state index contributed by atoms with van der Waals surface area (Å²) in [6.45, 7) is 2.02. The van der Waals surface area contributed by atoms with E-state index in [4.69, 9.17) is 0 Å². The van der Waals surface area contributed by atoms with E-state index in [9.17, 15) is 19.7 Å². The van der Waals surface area contributed by atoms with Crippen molar-refractivity contribution in [2.75, 3.05) is 31.1 Å². The molecule has 0 N–H and O–H groups in total. The Morgan fingerprint density at radius 1 is 0.943 bits per heavy atom. The van der Waals surface area contributed by atoms with Crippen LogP contribution in [0.3, 0.4) is 0 Å². The van der Waals surface area contributed by atoms with Crippen molar-refractivity contribution in [3.8, 4) is 0 Å². The number of aromatic nitrogens is 1. The number of carbonyl (C=O) groups excluding carboxylic acids is 1. The molecule has 2 aromatic heterocycles. The highest BCUT2D eigenvalue weighted by atomic mass is 32.1. The summed E-state index contributed by atoms with van der Waals surface area (Å²) in [4.78, 5) is 42.1. The van der Waals surface area contributed by atoms with E-state index in [0.717, 1.165) is 5.56 Å². The largest absolute Gasteiger partial charge is 0.362 e. The highest BCUT2D eigenvalue weighted by Crippen LogP contribution is 2.34. The minimum atomic E-state index is -0.600. The van der Waals surface area contributed by atoms with Crippen LogP contribution in [0.15, 0.2) is 76.9 Å². The van der Waals surface area contributed by atoms with E-state index < -0.39 is 16.2 Å². The van der Waals surface area contributed by atoms with Gasteiger partial charge in [-0.2, -0.15) is 0 Å². The molecule has 0 bridgehead atoms. The van der Waals surface area contributed by atoms with Crippen LogP contribution in [0.2, 0.25) is 0 Å². The number of rotatable bonds is 6. The smallest absolute Gasteiger partial charge is 0.357 e. The van der Waals surface area contributed by atoms with Crippen LogP contribution in [0.25, 0.3) is 10.9 Å². The van der Waals surface area contributed by atoms with Crippen molar-refractivity contribution in [2.24, 2.45) is 0 Å². The highest BCUT2D eigenvalue weighted by Gasteiger charge is 2.32. The van der Waals surface area contributed by atoms with E-state index in [-0.39, 0.29) is 5.91 Å². The summed E-state index contributed by atoms with van der Waals surface area (Å²) in [5.41, 5.74) is 1.06. The van der Waals surface area contributed by atoms with Crippen LogP contribution >= 0.6 is 11.3 Å². The first-order chi connectivity index (χ1) is 17.0. The van der Waals surface area contributed by atoms with Gasteiger partial charge in [0.15, 0.2) is 0 Å². The first kappa shape index (κ1) is 22.8. The molecule has 0 atom stereocenters. The molecule has 9 heteroatoms. The number of amides is 1. The number of pyridine rings is 1. The number of piperazine rings is 1. The average Bonchev–Trinajstić information content (AvgIpc) is 3.43. The van der Waals surface area contributed by atoms with Crippen molar-refractivity contribution in [2.45, 2.75) is 13.0 Å². The maximum atomic E-state index is 13.5. The quantitative estimate of drug-likeness (QED) is 0.300. The van der Waals surface area contributed by atoms with E-state index in [1.165, 1.54) is 15.9 Å². The highest BCUT2D eigenvalue weighted by molar-refractivity contribution is 7.12. The zero-order valence-electron chi connectivity index (χ0n) is 19.0. The van der Waals surface area contributed by atoms with Gasteiger partial charge in [0.1, 0.15) is 5.69 Å². The molecular weight excluding hydrogens is 464 g/mol. The molecule has 5 rings (SSSR count). The van der Waals surface area contributed by atoms with Gasteiger partial charge < -0.3 is 14.4 Å². The zero-order chi connectivity index (χ0) is 24.4. The molecule has 8 nitrogen and oxygen atoms in total. The lowest BCUT2D eigenvalue weighted by atomic mass is 10.1. The lowest BCUT2D eigenvalue weighted by molar-refractivity contribution is -0.385. The van der Waals surface area contributed by atoms with Gasteiger partial charge in [-0.1, -0.05) is 54.6 Å². The number of para-hydroxylation sites is 1. The third kappa shape index (κ3) is 4.42. The van der Waals surface area contributed by atoms with Crippen LogP contribution in [0, 0.1) is 10.1 Å². The monoisotopic (exact) mass is 488 g/mol. The number of hydrogen-bond acceptors (Lipinski definition) is 6. The number of aryl methyl sites for hydroxylation is 2. The lowest BCUT2D eigenvalue weighted by Gasteiger charge is -2.36. The topological polar surface area (TPSA) is 88.7 Å². The van der Waals surface area contributed by atoms with E-state index in [0.29, 0.717) is 60.6 Å². The molecule has 1 aliphatic heterocycles. The minimum Gasteiger partial charge on any atom is -0.362 e. The Kier molecular flexibility index (Phi) is 6.33. The molecule has 3 heterocycles. The summed E-state index contributed by atoms with van der Waals surface area (Å²) in [5, 5.41) is 14.7. The van der Waals surface area contributed by atoms with Crippen LogP contribution in [-0.2, 0) is 13.0 Å². The SMILES string of the molecule is O=C(c1cccs1)N1CCN(c2c([N+](=O)[O-])c(=O)n(CCc3ccccc3)c3ccccc23)CC1. The zero-order valence-corrected chi connectivity index (χ0v) is 19.8. The van der Waals surface area contributed by atoms with Gasteiger partial charge >= 0.3 is 11.2 Å². The summed E-state index contributed by atoms with van der Waals surface area (Å²) in [6, 6.07) is 20.7. The molecule has 0 radical (unpaired) electrons. The average molecular weight is 489 g/mol. The Bertz CT molecular complexity index is 1430. The van der Waals surface area contributed by atoms with Gasteiger partial charge in [0.2, 0.25) is 0 Å². The fourth-order valence-electron chi connectivity index (χ4n) is 4.66. The fourth-order valence-corrected chi connectivity index (χ4v) is 5.35. The molecule has 1 aliphatic rings. The Balaban J connectivity index is 1.50. The van der Waals surface area contributed by atoms with Crippen molar-refractivity contribution in [1.29, 1.82) is 0 Å². The van der Waals surface area contributed by atoms with E-state index in [1.807, 2.05) is 70.9 Å². The second-order valence-corrected chi connectivity index (χ2v) is 9.37. The first-order valence-electron chi connectivity index (χ1n) is 11.5. The first-order valence-corrected chi connectivity index (χ1v) is 12.3. The molecular formula is C26H24N4O4S. The molecule has 1 fully saturated rings. The third-order valence-corrected chi connectivity index (χ3v) is 7.24.